The Morgan fingerprint density at radius 1 is 1.11 bits per heavy atom. The normalized spacial score (nSPS) is 15.5. The Balaban J connectivity index is 2.49. The quantitative estimate of drug-likeness (QED) is 0.734. The van der Waals surface area contributed by atoms with Crippen molar-refractivity contribution >= 4 is 22.9 Å². The molecule has 0 aliphatic heterocycles. The molecule has 1 unspecified atom stereocenters. The van der Waals surface area contributed by atoms with Gasteiger partial charge in [0.05, 0.1) is 23.0 Å². The Kier molecular flexibility index (Phi) is 5.22. The lowest BCUT2D eigenvalue weighted by molar-refractivity contribution is -0.253. The lowest BCUT2D eigenvalue weighted by Gasteiger charge is -2.27. The number of alkyl halides is 6. The number of aliphatic hydroxyl groups is 1. The summed E-state index contributed by atoms with van der Waals surface area (Å²) in [5.74, 6) is -1.40. The van der Waals surface area contributed by atoms with Gasteiger partial charge in [0.25, 0.3) is 0 Å². The largest absolute Gasteiger partial charge is 0.417 e. The fourth-order valence-electron chi connectivity index (χ4n) is 2.60. The van der Waals surface area contributed by atoms with Gasteiger partial charge in [-0.05, 0) is 45.9 Å². The highest BCUT2D eigenvalue weighted by atomic mass is 19.4. The number of halogens is 6. The van der Waals surface area contributed by atoms with Crippen LogP contribution in [0.15, 0.2) is 18.2 Å². The van der Waals surface area contributed by atoms with Crippen molar-refractivity contribution < 1.29 is 36.2 Å². The minimum absolute atomic E-state index is 0.0557. The number of nitrogens with zero attached hydrogens (tertiary/aromatic N) is 2. The van der Waals surface area contributed by atoms with Gasteiger partial charge in [0.1, 0.15) is 0 Å². The molecule has 28 heavy (non-hydrogen) atoms. The molecule has 1 aromatic heterocycles. The van der Waals surface area contributed by atoms with Gasteiger partial charge in [-0.15, -0.1) is 0 Å². The molecule has 0 saturated carbocycles. The summed E-state index contributed by atoms with van der Waals surface area (Å²) in [5.41, 5.74) is -4.86. The Hall–Kier alpha value is -2.30. The summed E-state index contributed by atoms with van der Waals surface area (Å²) >= 11 is 0. The smallest absolute Gasteiger partial charge is 0.380 e. The first kappa shape index (κ1) is 22.0. The first-order valence-corrected chi connectivity index (χ1v) is 8.12. The van der Waals surface area contributed by atoms with E-state index in [1.807, 2.05) is 0 Å². The summed E-state index contributed by atoms with van der Waals surface area (Å²) in [6.07, 6.45) is -10.9. The molecule has 0 saturated heterocycles. The van der Waals surface area contributed by atoms with Crippen molar-refractivity contribution in [2.24, 2.45) is 0 Å². The lowest BCUT2D eigenvalue weighted by Crippen LogP contribution is -2.45. The number of nitrogens with one attached hydrogen (secondary N) is 1. The van der Waals surface area contributed by atoms with Crippen LogP contribution in [0.2, 0.25) is 0 Å². The fourth-order valence-corrected chi connectivity index (χ4v) is 2.60. The Labute approximate surface area is 156 Å². The zero-order valence-electron chi connectivity index (χ0n) is 15.5. The van der Waals surface area contributed by atoms with Gasteiger partial charge in [0, 0.05) is 5.54 Å². The van der Waals surface area contributed by atoms with Crippen LogP contribution >= 0.6 is 0 Å². The predicted octanol–water partition coefficient (Wildman–Crippen LogP) is 4.45. The summed E-state index contributed by atoms with van der Waals surface area (Å²) in [4.78, 5) is 16.1. The van der Waals surface area contributed by atoms with E-state index in [4.69, 9.17) is 0 Å². The van der Waals surface area contributed by atoms with Crippen molar-refractivity contribution in [2.75, 3.05) is 5.32 Å². The predicted molar refractivity (Wildman–Crippen MR) is 89.7 cm³/mol. The molecule has 0 bridgehead atoms. The van der Waals surface area contributed by atoms with Crippen molar-refractivity contribution in [1.82, 2.24) is 9.55 Å². The summed E-state index contributed by atoms with van der Waals surface area (Å²) in [6, 6.07) is 2.79. The van der Waals surface area contributed by atoms with E-state index in [1.165, 1.54) is 4.57 Å². The van der Waals surface area contributed by atoms with Gasteiger partial charge in [-0.25, -0.2) is 4.98 Å². The van der Waals surface area contributed by atoms with Crippen LogP contribution < -0.4 is 5.32 Å². The van der Waals surface area contributed by atoms with E-state index in [9.17, 15) is 36.2 Å². The third kappa shape index (κ3) is 4.40. The molecule has 0 radical (unpaired) electrons. The molecule has 2 N–H and O–H groups in total. The molecule has 0 spiro atoms. The Morgan fingerprint density at radius 3 is 2.14 bits per heavy atom. The third-order valence-electron chi connectivity index (χ3n) is 4.02. The number of rotatable bonds is 3. The van der Waals surface area contributed by atoms with E-state index < -0.39 is 41.4 Å². The van der Waals surface area contributed by atoms with Crippen LogP contribution in [0.4, 0.5) is 32.3 Å². The minimum atomic E-state index is -5.03. The average Bonchev–Trinajstić information content (AvgIpc) is 2.80. The summed E-state index contributed by atoms with van der Waals surface area (Å²) in [6.45, 7) is 5.36. The van der Waals surface area contributed by atoms with E-state index in [-0.39, 0.29) is 17.0 Å². The van der Waals surface area contributed by atoms with Crippen molar-refractivity contribution in [2.45, 2.75) is 57.6 Å². The lowest BCUT2D eigenvalue weighted by atomic mass is 10.0. The second-order valence-corrected chi connectivity index (χ2v) is 7.64. The second-order valence-electron chi connectivity index (χ2n) is 7.64. The molecule has 1 atom stereocenters. The molecule has 5 nitrogen and oxygen atoms in total. The number of fused-ring (bicyclic) bond motifs is 1. The molecule has 0 aliphatic carbocycles. The van der Waals surface area contributed by atoms with Crippen LogP contribution in [0.1, 0.15) is 39.7 Å². The average molecular weight is 411 g/mol. The van der Waals surface area contributed by atoms with Crippen LogP contribution in [0.5, 0.6) is 0 Å². The second kappa shape index (κ2) is 6.64. The van der Waals surface area contributed by atoms with Crippen molar-refractivity contribution in [3.8, 4) is 0 Å². The van der Waals surface area contributed by atoms with E-state index in [0.717, 1.165) is 18.2 Å². The standard InChI is InChI=1S/C17H19F6N3O2/c1-14(2,3)26-11-7-9(16(18,19)20)5-6-10(11)24-13(26)25-12(27)8-15(4,28)17(21,22)23/h5-7,28H,8H2,1-4H3,(H,24,25,27). The molecule has 1 aromatic carbocycles. The van der Waals surface area contributed by atoms with Crippen LogP contribution in [0.3, 0.4) is 0 Å². The van der Waals surface area contributed by atoms with Crippen LogP contribution in [-0.4, -0.2) is 32.3 Å². The van der Waals surface area contributed by atoms with Gasteiger partial charge in [0.2, 0.25) is 11.9 Å². The Bertz CT molecular complexity index is 891. The Morgan fingerprint density at radius 2 is 1.68 bits per heavy atom. The zero-order chi connectivity index (χ0) is 21.7. The number of aromatic nitrogens is 2. The molecular weight excluding hydrogens is 392 g/mol. The number of imidazole rings is 1. The number of carbonyl (C=O) groups is 1. The van der Waals surface area contributed by atoms with Gasteiger partial charge in [-0.2, -0.15) is 26.3 Å². The van der Waals surface area contributed by atoms with Crippen molar-refractivity contribution in [1.29, 1.82) is 0 Å². The molecule has 0 aliphatic rings. The summed E-state index contributed by atoms with van der Waals surface area (Å²) in [7, 11) is 0. The maximum atomic E-state index is 13.0. The summed E-state index contributed by atoms with van der Waals surface area (Å²) in [5, 5.41) is 11.6. The number of amides is 1. The maximum Gasteiger partial charge on any atom is 0.417 e. The molecule has 11 heteroatoms. The highest BCUT2D eigenvalue weighted by Gasteiger charge is 2.51. The molecule has 2 aromatic rings. The molecule has 0 fully saturated rings. The highest BCUT2D eigenvalue weighted by molar-refractivity contribution is 5.92. The molecule has 2 rings (SSSR count). The summed E-state index contributed by atoms with van der Waals surface area (Å²) < 4.78 is 78.7. The fraction of sp³-hybridized carbons (Fsp3) is 0.529. The SMILES string of the molecule is CC(C)(C)n1c(NC(=O)CC(C)(O)C(F)(F)F)nc2ccc(C(F)(F)F)cc21. The highest BCUT2D eigenvalue weighted by Crippen LogP contribution is 2.36. The monoisotopic (exact) mass is 411 g/mol. The van der Waals surface area contributed by atoms with Gasteiger partial charge in [0.15, 0.2) is 5.60 Å². The molecule has 1 heterocycles. The number of anilines is 1. The molecule has 1 amide bonds. The number of benzene rings is 1. The number of hydrogen-bond acceptors (Lipinski definition) is 3. The first-order chi connectivity index (χ1) is 12.4. The van der Waals surface area contributed by atoms with E-state index in [0.29, 0.717) is 6.92 Å². The van der Waals surface area contributed by atoms with Crippen molar-refractivity contribution in [3.63, 3.8) is 0 Å². The minimum Gasteiger partial charge on any atom is -0.380 e. The van der Waals surface area contributed by atoms with Crippen molar-refractivity contribution in [3.05, 3.63) is 23.8 Å². The zero-order valence-corrected chi connectivity index (χ0v) is 15.5. The van der Waals surface area contributed by atoms with Gasteiger partial charge in [-0.1, -0.05) is 0 Å². The molecular formula is C17H19F6N3O2. The third-order valence-corrected chi connectivity index (χ3v) is 4.02. The van der Waals surface area contributed by atoms with Crippen LogP contribution in [0, 0.1) is 0 Å². The van der Waals surface area contributed by atoms with E-state index in [1.54, 1.807) is 20.8 Å². The number of hydrogen-bond donors (Lipinski definition) is 2. The van der Waals surface area contributed by atoms with Crippen LogP contribution in [0.25, 0.3) is 11.0 Å². The van der Waals surface area contributed by atoms with Gasteiger partial charge >= 0.3 is 12.4 Å². The molecule has 156 valence electrons. The maximum absolute atomic E-state index is 13.0. The van der Waals surface area contributed by atoms with Crippen LogP contribution in [-0.2, 0) is 16.5 Å². The van der Waals surface area contributed by atoms with E-state index in [2.05, 4.69) is 10.3 Å². The van der Waals surface area contributed by atoms with Gasteiger partial charge in [-0.3, -0.25) is 10.1 Å². The van der Waals surface area contributed by atoms with E-state index >= 15 is 0 Å². The van der Waals surface area contributed by atoms with Gasteiger partial charge < -0.3 is 9.67 Å². The number of carbonyl (C=O) groups excluding carboxylic acids is 1. The topological polar surface area (TPSA) is 67.2 Å². The first-order valence-electron chi connectivity index (χ1n) is 8.12.